The Hall–Kier alpha value is -5.12. The molecule has 206 valence electrons. The third-order valence-electron chi connectivity index (χ3n) is 5.96. The zero-order chi connectivity index (χ0) is 28.2. The lowest BCUT2D eigenvalue weighted by atomic mass is 10.1. The zero-order valence-corrected chi connectivity index (χ0v) is 21.7. The van der Waals surface area contributed by atoms with Gasteiger partial charge in [-0.15, -0.1) is 0 Å². The maximum Gasteiger partial charge on any atom is 0.408 e. The highest BCUT2D eigenvalue weighted by Crippen LogP contribution is 2.17. The molecule has 10 heteroatoms. The number of amides is 2. The third kappa shape index (κ3) is 8.73. The summed E-state index contributed by atoms with van der Waals surface area (Å²) in [6.45, 7) is -0.101. The molecule has 0 saturated heterocycles. The maximum atomic E-state index is 13.6. The largest absolute Gasteiger partial charge is 0.489 e. The van der Waals surface area contributed by atoms with Crippen molar-refractivity contribution >= 4 is 18.0 Å². The Bertz CT molecular complexity index is 1360. The Kier molecular flexibility index (Phi) is 9.87. The van der Waals surface area contributed by atoms with Crippen molar-refractivity contribution in [2.24, 2.45) is 0 Å². The van der Waals surface area contributed by atoms with Crippen LogP contribution in [-0.2, 0) is 40.5 Å². The van der Waals surface area contributed by atoms with Crippen LogP contribution in [0.2, 0.25) is 0 Å². The summed E-state index contributed by atoms with van der Waals surface area (Å²) in [6, 6.07) is 24.9. The van der Waals surface area contributed by atoms with Gasteiger partial charge in [0.15, 0.2) is 0 Å². The molecule has 0 bridgehead atoms. The van der Waals surface area contributed by atoms with Crippen molar-refractivity contribution in [3.05, 3.63) is 120 Å². The van der Waals surface area contributed by atoms with Gasteiger partial charge < -0.3 is 29.8 Å². The number of nitrogens with one attached hydrogen (secondary N) is 2. The van der Waals surface area contributed by atoms with Crippen molar-refractivity contribution < 1.29 is 29.0 Å². The van der Waals surface area contributed by atoms with E-state index in [1.807, 2.05) is 60.7 Å². The molecule has 3 aromatic carbocycles. The van der Waals surface area contributed by atoms with E-state index in [9.17, 15) is 19.5 Å². The summed E-state index contributed by atoms with van der Waals surface area (Å²) >= 11 is 0. The van der Waals surface area contributed by atoms with Crippen LogP contribution in [0.15, 0.2) is 97.5 Å². The van der Waals surface area contributed by atoms with E-state index < -0.39 is 30.6 Å². The minimum atomic E-state index is -1.18. The van der Waals surface area contributed by atoms with Crippen LogP contribution in [0.1, 0.15) is 22.4 Å². The topological polar surface area (TPSA) is 134 Å². The minimum absolute atomic E-state index is 0.0182. The number of hydrogen-bond acceptors (Lipinski definition) is 6. The number of aromatic amines is 1. The lowest BCUT2D eigenvalue weighted by Crippen LogP contribution is -2.50. The normalized spacial score (nSPS) is 11.3. The number of nitrogens with zero attached hydrogens (tertiary/aromatic N) is 2. The van der Waals surface area contributed by atoms with Crippen LogP contribution in [0, 0.1) is 0 Å². The molecule has 1 unspecified atom stereocenters. The number of imidazole rings is 1. The molecule has 0 spiro atoms. The van der Waals surface area contributed by atoms with Crippen LogP contribution in [0.25, 0.3) is 0 Å². The van der Waals surface area contributed by atoms with E-state index in [-0.39, 0.29) is 19.6 Å². The first kappa shape index (κ1) is 27.9. The predicted octanol–water partition coefficient (Wildman–Crippen LogP) is 3.94. The van der Waals surface area contributed by atoms with Gasteiger partial charge in [0.05, 0.1) is 6.33 Å². The van der Waals surface area contributed by atoms with Gasteiger partial charge in [-0.2, -0.15) is 0 Å². The molecule has 0 saturated carbocycles. The molecule has 0 fully saturated rings. The fourth-order valence-electron chi connectivity index (χ4n) is 3.97. The average molecular weight is 543 g/mol. The first-order valence-corrected chi connectivity index (χ1v) is 12.7. The van der Waals surface area contributed by atoms with Crippen molar-refractivity contribution in [1.29, 1.82) is 0 Å². The zero-order valence-electron chi connectivity index (χ0n) is 21.7. The van der Waals surface area contributed by atoms with Gasteiger partial charge >= 0.3 is 12.1 Å². The van der Waals surface area contributed by atoms with Gasteiger partial charge in [0.2, 0.25) is 5.91 Å². The number of carboxylic acids is 1. The summed E-state index contributed by atoms with van der Waals surface area (Å²) in [5.74, 6) is -1.11. The van der Waals surface area contributed by atoms with Crippen molar-refractivity contribution in [3.63, 3.8) is 0 Å². The number of alkyl carbamates (subject to hydrolysis) is 1. The number of hydrogen-bond donors (Lipinski definition) is 3. The number of carbonyl (C=O) groups is 3. The van der Waals surface area contributed by atoms with Gasteiger partial charge in [0.1, 0.15) is 31.5 Å². The minimum Gasteiger partial charge on any atom is -0.489 e. The number of carbonyl (C=O) groups excluding carboxylic acids is 2. The van der Waals surface area contributed by atoms with E-state index in [2.05, 4.69) is 15.3 Å². The van der Waals surface area contributed by atoms with E-state index >= 15 is 0 Å². The molecule has 40 heavy (non-hydrogen) atoms. The van der Waals surface area contributed by atoms with Crippen molar-refractivity contribution in [2.75, 3.05) is 6.54 Å². The van der Waals surface area contributed by atoms with Crippen LogP contribution in [0.3, 0.4) is 0 Å². The fraction of sp³-hybridized carbons (Fsp3) is 0.200. The highest BCUT2D eigenvalue weighted by Gasteiger charge is 2.29. The Morgan fingerprint density at radius 1 is 0.875 bits per heavy atom. The number of carboxylic acid groups (broad SMARTS) is 1. The smallest absolute Gasteiger partial charge is 0.408 e. The first-order chi connectivity index (χ1) is 19.5. The molecule has 10 nitrogen and oxygen atoms in total. The molecule has 1 heterocycles. The lowest BCUT2D eigenvalue weighted by Gasteiger charge is -2.26. The second-order valence-electron chi connectivity index (χ2n) is 9.05. The molecule has 3 N–H and O–H groups in total. The van der Waals surface area contributed by atoms with Gasteiger partial charge in [-0.05, 0) is 28.8 Å². The van der Waals surface area contributed by atoms with E-state index in [1.54, 1.807) is 24.3 Å². The number of aromatic nitrogens is 2. The number of benzene rings is 3. The molecule has 1 aromatic heterocycles. The summed E-state index contributed by atoms with van der Waals surface area (Å²) < 4.78 is 11.1. The molecule has 4 rings (SSSR count). The standard InChI is InChI=1S/C30H30N4O6/c35-28(36)18-34(17-22-11-13-26(14-12-22)39-19-23-7-3-1-4-8-23)29(37)27(15-25-16-31-21-32-25)33-30(38)40-20-24-9-5-2-6-10-24/h1-14,16,21,27H,15,17-20H2,(H,31,32)(H,33,38)(H,35,36). The van der Waals surface area contributed by atoms with E-state index in [0.29, 0.717) is 23.6 Å². The Balaban J connectivity index is 1.42. The van der Waals surface area contributed by atoms with Crippen LogP contribution in [0.5, 0.6) is 5.75 Å². The number of aliphatic carboxylic acids is 1. The predicted molar refractivity (Wildman–Crippen MR) is 146 cm³/mol. The quantitative estimate of drug-likeness (QED) is 0.233. The van der Waals surface area contributed by atoms with Crippen LogP contribution in [0.4, 0.5) is 4.79 Å². The number of rotatable bonds is 13. The highest BCUT2D eigenvalue weighted by molar-refractivity contribution is 5.88. The Morgan fingerprint density at radius 2 is 1.52 bits per heavy atom. The van der Waals surface area contributed by atoms with E-state index in [1.165, 1.54) is 17.4 Å². The van der Waals surface area contributed by atoms with E-state index in [0.717, 1.165) is 11.1 Å². The second kappa shape index (κ2) is 14.1. The lowest BCUT2D eigenvalue weighted by molar-refractivity contribution is -0.145. The Labute approximate surface area is 231 Å². The summed E-state index contributed by atoms with van der Waals surface area (Å²) in [6.07, 6.45) is 2.27. The summed E-state index contributed by atoms with van der Waals surface area (Å²) in [5.41, 5.74) is 3.12. The number of H-pyrrole nitrogens is 1. The second-order valence-corrected chi connectivity index (χ2v) is 9.05. The van der Waals surface area contributed by atoms with Gasteiger partial charge in [0.25, 0.3) is 0 Å². The van der Waals surface area contributed by atoms with E-state index in [4.69, 9.17) is 9.47 Å². The number of ether oxygens (including phenoxy) is 2. The molecular weight excluding hydrogens is 512 g/mol. The summed E-state index contributed by atoms with van der Waals surface area (Å²) in [4.78, 5) is 45.9. The van der Waals surface area contributed by atoms with Crippen molar-refractivity contribution in [3.8, 4) is 5.75 Å². The summed E-state index contributed by atoms with van der Waals surface area (Å²) in [5, 5.41) is 12.1. The Morgan fingerprint density at radius 3 is 2.12 bits per heavy atom. The molecule has 4 aromatic rings. The van der Waals surface area contributed by atoms with Gasteiger partial charge in [-0.3, -0.25) is 9.59 Å². The monoisotopic (exact) mass is 542 g/mol. The first-order valence-electron chi connectivity index (χ1n) is 12.7. The van der Waals surface area contributed by atoms with Gasteiger partial charge in [-0.1, -0.05) is 72.8 Å². The van der Waals surface area contributed by atoms with Crippen LogP contribution < -0.4 is 10.1 Å². The molecule has 1 atom stereocenters. The van der Waals surface area contributed by atoms with Gasteiger partial charge in [-0.25, -0.2) is 9.78 Å². The fourth-order valence-corrected chi connectivity index (χ4v) is 3.97. The summed E-state index contributed by atoms with van der Waals surface area (Å²) in [7, 11) is 0. The van der Waals surface area contributed by atoms with Crippen molar-refractivity contribution in [1.82, 2.24) is 20.2 Å². The van der Waals surface area contributed by atoms with Crippen molar-refractivity contribution in [2.45, 2.75) is 32.2 Å². The molecule has 2 amide bonds. The maximum absolute atomic E-state index is 13.6. The van der Waals surface area contributed by atoms with Gasteiger partial charge in [0, 0.05) is 24.9 Å². The molecule has 0 radical (unpaired) electrons. The molecule has 0 aliphatic heterocycles. The van der Waals surface area contributed by atoms with Crippen LogP contribution in [-0.4, -0.2) is 50.5 Å². The SMILES string of the molecule is O=C(O)CN(Cc1ccc(OCc2ccccc2)cc1)C(=O)C(Cc1cnc[nH]1)NC(=O)OCc1ccccc1. The highest BCUT2D eigenvalue weighted by atomic mass is 16.5. The molecule has 0 aliphatic rings. The third-order valence-corrected chi connectivity index (χ3v) is 5.96. The molecular formula is C30H30N4O6. The average Bonchev–Trinajstić information content (AvgIpc) is 3.49. The van der Waals surface area contributed by atoms with Crippen LogP contribution >= 0.6 is 0 Å². The molecule has 0 aliphatic carbocycles.